The number of hydrogen-bond donors (Lipinski definition) is 1. The van der Waals surface area contributed by atoms with Gasteiger partial charge in [0.2, 0.25) is 11.8 Å². The minimum absolute atomic E-state index is 0.123. The Balaban J connectivity index is 1.79. The predicted octanol–water partition coefficient (Wildman–Crippen LogP) is 3.89. The van der Waals surface area contributed by atoms with E-state index in [9.17, 15) is 9.59 Å². The maximum atomic E-state index is 12.8. The van der Waals surface area contributed by atoms with Gasteiger partial charge in [0.1, 0.15) is 0 Å². The zero-order valence-electron chi connectivity index (χ0n) is 17.1. The highest BCUT2D eigenvalue weighted by Crippen LogP contribution is 2.33. The molecule has 2 aliphatic carbocycles. The summed E-state index contributed by atoms with van der Waals surface area (Å²) in [6.07, 6.45) is 5.17. The lowest BCUT2D eigenvalue weighted by Gasteiger charge is -2.28. The highest BCUT2D eigenvalue weighted by molar-refractivity contribution is 5.93. The van der Waals surface area contributed by atoms with Crippen molar-refractivity contribution in [1.82, 2.24) is 4.90 Å². The van der Waals surface area contributed by atoms with E-state index in [0.29, 0.717) is 12.5 Å². The van der Waals surface area contributed by atoms with Crippen LogP contribution in [0.15, 0.2) is 18.2 Å². The maximum absolute atomic E-state index is 12.8. The Bertz CT molecular complexity index is 691. The van der Waals surface area contributed by atoms with Gasteiger partial charge in [0.25, 0.3) is 0 Å². The Hall–Kier alpha value is -2.04. The van der Waals surface area contributed by atoms with Crippen molar-refractivity contribution in [2.45, 2.75) is 52.5 Å². The van der Waals surface area contributed by atoms with Crippen LogP contribution in [0.2, 0.25) is 0 Å². The van der Waals surface area contributed by atoms with Gasteiger partial charge >= 0.3 is 0 Å². The van der Waals surface area contributed by atoms with E-state index in [4.69, 9.17) is 0 Å². The molecule has 2 saturated carbocycles. The second-order valence-electron chi connectivity index (χ2n) is 8.74. The summed E-state index contributed by atoms with van der Waals surface area (Å²) in [6.45, 7) is 5.65. The molecule has 0 saturated heterocycles. The lowest BCUT2D eigenvalue weighted by atomic mass is 9.85. The van der Waals surface area contributed by atoms with Crippen LogP contribution in [-0.2, 0) is 16.1 Å². The second-order valence-corrected chi connectivity index (χ2v) is 8.74. The fraction of sp³-hybridized carbons (Fsp3) is 0.636. The third kappa shape index (κ3) is 5.02. The quantitative estimate of drug-likeness (QED) is 0.754. The number of benzene rings is 1. The van der Waals surface area contributed by atoms with Crippen LogP contribution in [0.5, 0.6) is 0 Å². The smallest absolute Gasteiger partial charge is 0.227 e. The first-order valence-corrected chi connectivity index (χ1v) is 10.2. The molecule has 0 aromatic heterocycles. The van der Waals surface area contributed by atoms with Crippen molar-refractivity contribution in [2.75, 3.05) is 30.9 Å². The van der Waals surface area contributed by atoms with Crippen LogP contribution in [0, 0.1) is 17.8 Å². The van der Waals surface area contributed by atoms with Crippen LogP contribution in [0.3, 0.4) is 0 Å². The molecule has 0 atom stereocenters. The topological polar surface area (TPSA) is 52.7 Å². The Morgan fingerprint density at radius 1 is 1.11 bits per heavy atom. The first-order chi connectivity index (χ1) is 12.8. The molecule has 5 heteroatoms. The average Bonchev–Trinajstić information content (AvgIpc) is 3.36. The summed E-state index contributed by atoms with van der Waals surface area (Å²) < 4.78 is 0. The van der Waals surface area contributed by atoms with Gasteiger partial charge in [-0.15, -0.1) is 0 Å². The second kappa shape index (κ2) is 8.32. The molecule has 0 bridgehead atoms. The Labute approximate surface area is 163 Å². The third-order valence-corrected chi connectivity index (χ3v) is 5.49. The van der Waals surface area contributed by atoms with Crippen LogP contribution >= 0.6 is 0 Å². The van der Waals surface area contributed by atoms with Gasteiger partial charge < -0.3 is 15.1 Å². The standard InChI is InChI=1S/C22H33N3O2/c1-15(2)13-25(22(27)17-8-9-17)14-18-12-19(10-11-20(18)24(3)4)23-21(26)16-6-5-7-16/h10-12,15-17H,5-9,13-14H2,1-4H3,(H,23,26). The van der Waals surface area contributed by atoms with Crippen LogP contribution < -0.4 is 10.2 Å². The first-order valence-electron chi connectivity index (χ1n) is 10.2. The number of carbonyl (C=O) groups excluding carboxylic acids is 2. The minimum Gasteiger partial charge on any atom is -0.377 e. The van der Waals surface area contributed by atoms with Crippen molar-refractivity contribution in [3.8, 4) is 0 Å². The van der Waals surface area contributed by atoms with Crippen molar-refractivity contribution < 1.29 is 9.59 Å². The number of anilines is 2. The molecule has 3 rings (SSSR count). The van der Waals surface area contributed by atoms with Gasteiger partial charge in [-0.05, 0) is 55.4 Å². The van der Waals surface area contributed by atoms with E-state index in [0.717, 1.165) is 55.6 Å². The van der Waals surface area contributed by atoms with Crippen molar-refractivity contribution in [3.05, 3.63) is 23.8 Å². The molecular weight excluding hydrogens is 338 g/mol. The Morgan fingerprint density at radius 3 is 2.33 bits per heavy atom. The molecular formula is C22H33N3O2. The molecule has 2 aliphatic rings. The molecule has 0 radical (unpaired) electrons. The van der Waals surface area contributed by atoms with Gasteiger partial charge in [0.15, 0.2) is 0 Å². The Kier molecular flexibility index (Phi) is 6.08. The summed E-state index contributed by atoms with van der Waals surface area (Å²) in [7, 11) is 4.03. The maximum Gasteiger partial charge on any atom is 0.227 e. The number of carbonyl (C=O) groups is 2. The van der Waals surface area contributed by atoms with E-state index in [1.807, 2.05) is 37.2 Å². The molecule has 2 amide bonds. The number of nitrogens with one attached hydrogen (secondary N) is 1. The molecule has 1 N–H and O–H groups in total. The van der Waals surface area contributed by atoms with Gasteiger partial charge in [-0.1, -0.05) is 20.3 Å². The van der Waals surface area contributed by atoms with Crippen LogP contribution in [0.25, 0.3) is 0 Å². The summed E-state index contributed by atoms with van der Waals surface area (Å²) in [6, 6.07) is 6.05. The number of amides is 2. The molecule has 2 fully saturated rings. The molecule has 148 valence electrons. The zero-order valence-corrected chi connectivity index (χ0v) is 17.1. The molecule has 1 aromatic rings. The van der Waals surface area contributed by atoms with Crippen LogP contribution in [-0.4, -0.2) is 37.4 Å². The van der Waals surface area contributed by atoms with Gasteiger partial charge in [-0.3, -0.25) is 9.59 Å². The lowest BCUT2D eigenvalue weighted by molar-refractivity contribution is -0.133. The van der Waals surface area contributed by atoms with Crippen molar-refractivity contribution in [2.24, 2.45) is 17.8 Å². The lowest BCUT2D eigenvalue weighted by Crippen LogP contribution is -2.35. The predicted molar refractivity (Wildman–Crippen MR) is 110 cm³/mol. The molecule has 0 spiro atoms. The summed E-state index contributed by atoms with van der Waals surface area (Å²) >= 11 is 0. The summed E-state index contributed by atoms with van der Waals surface area (Å²) in [5.41, 5.74) is 3.01. The fourth-order valence-electron chi connectivity index (χ4n) is 3.61. The molecule has 0 heterocycles. The molecule has 0 aliphatic heterocycles. The van der Waals surface area contributed by atoms with E-state index in [2.05, 4.69) is 24.1 Å². The van der Waals surface area contributed by atoms with E-state index < -0.39 is 0 Å². The average molecular weight is 372 g/mol. The molecule has 27 heavy (non-hydrogen) atoms. The Morgan fingerprint density at radius 2 is 1.81 bits per heavy atom. The number of nitrogens with zero attached hydrogens (tertiary/aromatic N) is 2. The van der Waals surface area contributed by atoms with E-state index in [1.54, 1.807) is 0 Å². The SMILES string of the molecule is CC(C)CN(Cc1cc(NC(=O)C2CCC2)ccc1N(C)C)C(=O)C1CC1. The normalized spacial score (nSPS) is 16.8. The molecule has 0 unspecified atom stereocenters. The fourth-order valence-corrected chi connectivity index (χ4v) is 3.61. The van der Waals surface area contributed by atoms with Crippen LogP contribution in [0.4, 0.5) is 11.4 Å². The summed E-state index contributed by atoms with van der Waals surface area (Å²) in [5.74, 6) is 1.20. The van der Waals surface area contributed by atoms with Gasteiger partial charge in [0.05, 0.1) is 0 Å². The largest absolute Gasteiger partial charge is 0.377 e. The number of rotatable bonds is 8. The van der Waals surface area contributed by atoms with Crippen LogP contribution in [0.1, 0.15) is 51.5 Å². The van der Waals surface area contributed by atoms with Gasteiger partial charge in [-0.25, -0.2) is 0 Å². The van der Waals surface area contributed by atoms with Gasteiger partial charge in [-0.2, -0.15) is 0 Å². The monoisotopic (exact) mass is 371 g/mol. The van der Waals surface area contributed by atoms with E-state index in [1.165, 1.54) is 0 Å². The molecule has 5 nitrogen and oxygen atoms in total. The third-order valence-electron chi connectivity index (χ3n) is 5.49. The van der Waals surface area contributed by atoms with Crippen molar-refractivity contribution in [3.63, 3.8) is 0 Å². The minimum atomic E-state index is 0.123. The van der Waals surface area contributed by atoms with E-state index in [-0.39, 0.29) is 23.7 Å². The summed E-state index contributed by atoms with van der Waals surface area (Å²) in [5, 5.41) is 3.07. The zero-order chi connectivity index (χ0) is 19.6. The highest BCUT2D eigenvalue weighted by Gasteiger charge is 2.34. The van der Waals surface area contributed by atoms with Gasteiger partial charge in [0, 0.05) is 50.4 Å². The first kappa shape index (κ1) is 19.7. The number of hydrogen-bond acceptors (Lipinski definition) is 3. The van der Waals surface area contributed by atoms with Crippen molar-refractivity contribution in [1.29, 1.82) is 0 Å². The molecule has 1 aromatic carbocycles. The highest BCUT2D eigenvalue weighted by atomic mass is 16.2. The van der Waals surface area contributed by atoms with Crippen molar-refractivity contribution >= 4 is 23.2 Å². The summed E-state index contributed by atoms with van der Waals surface area (Å²) in [4.78, 5) is 29.2. The van der Waals surface area contributed by atoms with E-state index >= 15 is 0 Å².